The van der Waals surface area contributed by atoms with Gasteiger partial charge in [-0.1, -0.05) is 0 Å². The Morgan fingerprint density at radius 2 is 1.72 bits per heavy atom. The molecule has 0 bridgehead atoms. The average molecular weight is 349 g/mol. The lowest BCUT2D eigenvalue weighted by atomic mass is 9.87. The summed E-state index contributed by atoms with van der Waals surface area (Å²) in [5, 5.41) is 2.42. The maximum Gasteiger partial charge on any atom is 0.323 e. The SMILES string of the molecule is CCOC(=O)[C@H]1CC[C@@H](Oc2ccc(NC(=O)C(=O)NN)cc2)CC1. The minimum absolute atomic E-state index is 0.0360. The highest BCUT2D eigenvalue weighted by Crippen LogP contribution is 2.29. The number of nitrogens with two attached hydrogens (primary N) is 1. The number of amides is 2. The van der Waals surface area contributed by atoms with Gasteiger partial charge in [0, 0.05) is 5.69 Å². The van der Waals surface area contributed by atoms with E-state index in [1.54, 1.807) is 36.6 Å². The second kappa shape index (κ2) is 9.03. The average Bonchev–Trinajstić information content (AvgIpc) is 2.63. The molecule has 136 valence electrons. The molecule has 1 aliphatic rings. The third-order valence-electron chi connectivity index (χ3n) is 4.05. The summed E-state index contributed by atoms with van der Waals surface area (Å²) in [7, 11) is 0. The number of ether oxygens (including phenoxy) is 2. The predicted octanol–water partition coefficient (Wildman–Crippen LogP) is 1.12. The Labute approximate surface area is 146 Å². The van der Waals surface area contributed by atoms with Crippen molar-refractivity contribution in [2.75, 3.05) is 11.9 Å². The molecule has 1 aromatic carbocycles. The lowest BCUT2D eigenvalue weighted by molar-refractivity contribution is -0.149. The molecule has 2 rings (SSSR count). The maximum absolute atomic E-state index is 11.7. The Morgan fingerprint density at radius 1 is 1.08 bits per heavy atom. The molecular weight excluding hydrogens is 326 g/mol. The van der Waals surface area contributed by atoms with Gasteiger partial charge in [-0.2, -0.15) is 0 Å². The van der Waals surface area contributed by atoms with Gasteiger partial charge in [-0.25, -0.2) is 5.84 Å². The van der Waals surface area contributed by atoms with Crippen molar-refractivity contribution in [3.05, 3.63) is 24.3 Å². The van der Waals surface area contributed by atoms with Crippen LogP contribution in [-0.2, 0) is 19.1 Å². The van der Waals surface area contributed by atoms with Gasteiger partial charge in [0.1, 0.15) is 5.75 Å². The fraction of sp³-hybridized carbons (Fsp3) is 0.471. The largest absolute Gasteiger partial charge is 0.490 e. The third-order valence-corrected chi connectivity index (χ3v) is 4.05. The molecule has 25 heavy (non-hydrogen) atoms. The van der Waals surface area contributed by atoms with E-state index in [9.17, 15) is 14.4 Å². The Hall–Kier alpha value is -2.61. The molecule has 0 unspecified atom stereocenters. The highest BCUT2D eigenvalue weighted by atomic mass is 16.5. The van der Waals surface area contributed by atoms with Crippen molar-refractivity contribution < 1.29 is 23.9 Å². The molecule has 1 fully saturated rings. The van der Waals surface area contributed by atoms with Crippen molar-refractivity contribution in [1.82, 2.24) is 5.43 Å². The topological polar surface area (TPSA) is 120 Å². The molecule has 8 nitrogen and oxygen atoms in total. The smallest absolute Gasteiger partial charge is 0.323 e. The van der Waals surface area contributed by atoms with Crippen molar-refractivity contribution in [3.63, 3.8) is 0 Å². The Balaban J connectivity index is 1.81. The van der Waals surface area contributed by atoms with Crippen molar-refractivity contribution >= 4 is 23.5 Å². The molecule has 0 radical (unpaired) electrons. The summed E-state index contributed by atoms with van der Waals surface area (Å²) in [4.78, 5) is 34.2. The number of hydrazine groups is 1. The Kier molecular flexibility index (Phi) is 6.76. The van der Waals surface area contributed by atoms with Gasteiger partial charge in [-0.3, -0.25) is 19.8 Å². The summed E-state index contributed by atoms with van der Waals surface area (Å²) in [5.41, 5.74) is 2.23. The quantitative estimate of drug-likeness (QED) is 0.241. The van der Waals surface area contributed by atoms with Crippen LogP contribution in [0.1, 0.15) is 32.6 Å². The molecule has 8 heteroatoms. The summed E-state index contributed by atoms with van der Waals surface area (Å²) in [6.45, 7) is 2.21. The van der Waals surface area contributed by atoms with E-state index in [2.05, 4.69) is 5.32 Å². The fourth-order valence-corrected chi connectivity index (χ4v) is 2.74. The summed E-state index contributed by atoms with van der Waals surface area (Å²) < 4.78 is 11.0. The first-order valence-corrected chi connectivity index (χ1v) is 8.28. The number of hydrogen-bond donors (Lipinski definition) is 3. The number of nitrogens with one attached hydrogen (secondary N) is 2. The van der Waals surface area contributed by atoms with Crippen molar-refractivity contribution in [2.24, 2.45) is 11.8 Å². The zero-order valence-electron chi connectivity index (χ0n) is 14.1. The molecule has 2 amide bonds. The van der Waals surface area contributed by atoms with Crippen LogP contribution in [0.3, 0.4) is 0 Å². The van der Waals surface area contributed by atoms with Crippen molar-refractivity contribution in [1.29, 1.82) is 0 Å². The molecule has 0 spiro atoms. The monoisotopic (exact) mass is 349 g/mol. The molecule has 1 aromatic rings. The van der Waals surface area contributed by atoms with Gasteiger partial charge >= 0.3 is 17.8 Å². The molecule has 1 aliphatic carbocycles. The fourth-order valence-electron chi connectivity index (χ4n) is 2.74. The van der Waals surface area contributed by atoms with Crippen LogP contribution in [0.5, 0.6) is 5.75 Å². The normalized spacial score (nSPS) is 19.6. The van der Waals surface area contributed by atoms with Gasteiger partial charge < -0.3 is 14.8 Å². The number of benzene rings is 1. The van der Waals surface area contributed by atoms with E-state index in [4.69, 9.17) is 15.3 Å². The maximum atomic E-state index is 11.7. The Morgan fingerprint density at radius 3 is 2.28 bits per heavy atom. The minimum atomic E-state index is -0.918. The van der Waals surface area contributed by atoms with Crippen LogP contribution in [-0.4, -0.2) is 30.5 Å². The number of anilines is 1. The van der Waals surface area contributed by atoms with Crippen LogP contribution in [0.25, 0.3) is 0 Å². The molecule has 0 heterocycles. The predicted molar refractivity (Wildman–Crippen MR) is 90.4 cm³/mol. The molecule has 1 saturated carbocycles. The molecule has 4 N–H and O–H groups in total. The summed E-state index contributed by atoms with van der Waals surface area (Å²) in [6.07, 6.45) is 3.14. The number of carbonyl (C=O) groups excluding carboxylic acids is 3. The standard InChI is InChI=1S/C17H23N3O5/c1-2-24-17(23)11-3-7-13(8-4-11)25-14-9-5-12(6-10-14)19-15(21)16(22)20-18/h5-6,9-11,13H,2-4,7-8,18H2,1H3,(H,19,21)(H,20,22)/t11-,13+. The van der Waals surface area contributed by atoms with Crippen LogP contribution in [0.15, 0.2) is 24.3 Å². The molecule has 0 aliphatic heterocycles. The lowest BCUT2D eigenvalue weighted by Gasteiger charge is -2.27. The van der Waals surface area contributed by atoms with Crippen LogP contribution in [0, 0.1) is 5.92 Å². The van der Waals surface area contributed by atoms with E-state index >= 15 is 0 Å². The molecule has 0 saturated heterocycles. The Bertz CT molecular complexity index is 609. The molecular formula is C17H23N3O5. The van der Waals surface area contributed by atoms with Crippen molar-refractivity contribution in [3.8, 4) is 5.75 Å². The lowest BCUT2D eigenvalue weighted by Crippen LogP contribution is -2.39. The van der Waals surface area contributed by atoms with E-state index in [0.29, 0.717) is 18.0 Å². The van der Waals surface area contributed by atoms with Gasteiger partial charge in [0.05, 0.1) is 18.6 Å². The first-order chi connectivity index (χ1) is 12.0. The number of rotatable bonds is 5. The number of hydrogen-bond acceptors (Lipinski definition) is 6. The van der Waals surface area contributed by atoms with Crippen molar-refractivity contribution in [2.45, 2.75) is 38.7 Å². The number of carbonyl (C=O) groups is 3. The van der Waals surface area contributed by atoms with Gasteiger partial charge in [0.25, 0.3) is 0 Å². The summed E-state index contributed by atoms with van der Waals surface area (Å²) >= 11 is 0. The number of esters is 1. The van der Waals surface area contributed by atoms with Crippen LogP contribution in [0.4, 0.5) is 5.69 Å². The zero-order valence-corrected chi connectivity index (χ0v) is 14.1. The van der Waals surface area contributed by atoms with E-state index in [-0.39, 0.29) is 18.0 Å². The summed E-state index contributed by atoms with van der Waals surface area (Å²) in [5.74, 6) is 3.64. The van der Waals surface area contributed by atoms with Crippen LogP contribution in [0.2, 0.25) is 0 Å². The van der Waals surface area contributed by atoms with Gasteiger partial charge in [-0.15, -0.1) is 0 Å². The second-order valence-corrected chi connectivity index (χ2v) is 5.80. The summed E-state index contributed by atoms with van der Waals surface area (Å²) in [6, 6.07) is 6.71. The highest BCUT2D eigenvalue weighted by Gasteiger charge is 2.28. The third kappa shape index (κ3) is 5.46. The van der Waals surface area contributed by atoms with E-state index in [1.807, 2.05) is 0 Å². The van der Waals surface area contributed by atoms with Gasteiger partial charge in [0.15, 0.2) is 0 Å². The van der Waals surface area contributed by atoms with Crippen LogP contribution >= 0.6 is 0 Å². The molecule has 0 aromatic heterocycles. The van der Waals surface area contributed by atoms with E-state index < -0.39 is 11.8 Å². The first-order valence-electron chi connectivity index (χ1n) is 8.28. The van der Waals surface area contributed by atoms with Gasteiger partial charge in [-0.05, 0) is 56.9 Å². The molecule has 0 atom stereocenters. The van der Waals surface area contributed by atoms with E-state index in [0.717, 1.165) is 25.7 Å². The highest BCUT2D eigenvalue weighted by molar-refractivity contribution is 6.39. The van der Waals surface area contributed by atoms with Crippen LogP contribution < -0.4 is 21.3 Å². The van der Waals surface area contributed by atoms with Gasteiger partial charge in [0.2, 0.25) is 0 Å². The first kappa shape index (κ1) is 18.7. The minimum Gasteiger partial charge on any atom is -0.490 e. The second-order valence-electron chi connectivity index (χ2n) is 5.80. The van der Waals surface area contributed by atoms with E-state index in [1.165, 1.54) is 0 Å². The zero-order chi connectivity index (χ0) is 18.2.